The normalized spacial score (nSPS) is 25.8. The van der Waals surface area contributed by atoms with Crippen molar-refractivity contribution in [1.29, 1.82) is 0 Å². The number of carbonyl (C=O) groups excluding carboxylic acids is 1. The van der Waals surface area contributed by atoms with Gasteiger partial charge in [0.1, 0.15) is 17.6 Å². The van der Waals surface area contributed by atoms with E-state index in [2.05, 4.69) is 0 Å². The van der Waals surface area contributed by atoms with E-state index in [1.165, 1.54) is 0 Å². The van der Waals surface area contributed by atoms with Gasteiger partial charge in [-0.25, -0.2) is 0 Å². The zero-order chi connectivity index (χ0) is 17.3. The van der Waals surface area contributed by atoms with E-state index in [0.29, 0.717) is 30.1 Å². The number of benzene rings is 2. The maximum Gasteiger partial charge on any atom is 0.171 e. The van der Waals surface area contributed by atoms with Crippen molar-refractivity contribution in [1.82, 2.24) is 0 Å². The monoisotopic (exact) mass is 338 g/mol. The van der Waals surface area contributed by atoms with Crippen LogP contribution >= 0.6 is 0 Å². The number of rotatable bonds is 3. The molecule has 0 spiro atoms. The van der Waals surface area contributed by atoms with E-state index in [9.17, 15) is 4.79 Å². The van der Waals surface area contributed by atoms with Gasteiger partial charge in [0.05, 0.1) is 19.1 Å². The fraction of sp³-hybridized carbons (Fsp3) is 0.381. The van der Waals surface area contributed by atoms with Crippen LogP contribution in [0.15, 0.2) is 48.5 Å². The van der Waals surface area contributed by atoms with Crippen LogP contribution in [-0.2, 0) is 10.3 Å². The van der Waals surface area contributed by atoms with Gasteiger partial charge in [-0.05, 0) is 37.0 Å². The van der Waals surface area contributed by atoms with Crippen LogP contribution in [0.5, 0.6) is 11.5 Å². The number of fused-ring (bicyclic) bond motifs is 1. The lowest BCUT2D eigenvalue weighted by molar-refractivity contribution is -0.119. The molecule has 4 nitrogen and oxygen atoms in total. The van der Waals surface area contributed by atoms with Crippen molar-refractivity contribution < 1.29 is 19.0 Å². The zero-order valence-corrected chi connectivity index (χ0v) is 14.4. The zero-order valence-electron chi connectivity index (χ0n) is 14.4. The van der Waals surface area contributed by atoms with Crippen LogP contribution in [0, 0.1) is 0 Å². The van der Waals surface area contributed by atoms with Crippen LogP contribution < -0.4 is 9.47 Å². The predicted octanol–water partition coefficient (Wildman–Crippen LogP) is 4.13. The van der Waals surface area contributed by atoms with Gasteiger partial charge < -0.3 is 14.2 Å². The summed E-state index contributed by atoms with van der Waals surface area (Å²) in [6.07, 6.45) is 3.19. The molecule has 0 aliphatic carbocycles. The van der Waals surface area contributed by atoms with E-state index in [-0.39, 0.29) is 11.9 Å². The predicted molar refractivity (Wildman–Crippen MR) is 94.3 cm³/mol. The van der Waals surface area contributed by atoms with E-state index < -0.39 is 5.60 Å². The SMILES string of the molecule is COc1ccc2c(c1)OC(c1ccccc1)(C1CCCCO1)CC2=O. The van der Waals surface area contributed by atoms with Crippen LogP contribution in [0.2, 0.25) is 0 Å². The van der Waals surface area contributed by atoms with Gasteiger partial charge in [0.25, 0.3) is 0 Å². The largest absolute Gasteiger partial charge is 0.497 e. The highest BCUT2D eigenvalue weighted by atomic mass is 16.6. The van der Waals surface area contributed by atoms with Gasteiger partial charge in [0.2, 0.25) is 0 Å². The van der Waals surface area contributed by atoms with Crippen molar-refractivity contribution in [2.75, 3.05) is 13.7 Å². The molecule has 0 bridgehead atoms. The molecule has 4 heteroatoms. The summed E-state index contributed by atoms with van der Waals surface area (Å²) in [5.74, 6) is 1.34. The van der Waals surface area contributed by atoms with Gasteiger partial charge in [-0.15, -0.1) is 0 Å². The van der Waals surface area contributed by atoms with Crippen LogP contribution in [0.4, 0.5) is 0 Å². The molecule has 25 heavy (non-hydrogen) atoms. The van der Waals surface area contributed by atoms with Gasteiger partial charge in [0, 0.05) is 12.7 Å². The number of hydrogen-bond donors (Lipinski definition) is 0. The number of hydrogen-bond acceptors (Lipinski definition) is 4. The van der Waals surface area contributed by atoms with E-state index in [1.54, 1.807) is 25.3 Å². The molecule has 2 atom stereocenters. The fourth-order valence-electron chi connectivity index (χ4n) is 3.87. The number of methoxy groups -OCH3 is 1. The third-order valence-corrected chi connectivity index (χ3v) is 5.17. The molecule has 0 saturated carbocycles. The number of carbonyl (C=O) groups is 1. The Kier molecular flexibility index (Phi) is 4.22. The molecule has 1 saturated heterocycles. The van der Waals surface area contributed by atoms with E-state index in [1.807, 2.05) is 30.3 Å². The lowest BCUT2D eigenvalue weighted by Crippen LogP contribution is -2.51. The summed E-state index contributed by atoms with van der Waals surface area (Å²) in [6.45, 7) is 0.710. The second-order valence-corrected chi connectivity index (χ2v) is 6.67. The van der Waals surface area contributed by atoms with Crippen LogP contribution in [0.25, 0.3) is 0 Å². The Labute approximate surface area is 147 Å². The molecule has 0 radical (unpaired) electrons. The topological polar surface area (TPSA) is 44.8 Å². The maximum atomic E-state index is 12.9. The van der Waals surface area contributed by atoms with E-state index in [0.717, 1.165) is 24.8 Å². The summed E-state index contributed by atoms with van der Waals surface area (Å²) in [5, 5.41) is 0. The van der Waals surface area contributed by atoms with Gasteiger partial charge in [-0.3, -0.25) is 4.79 Å². The van der Waals surface area contributed by atoms with Crippen molar-refractivity contribution >= 4 is 5.78 Å². The third kappa shape index (κ3) is 2.81. The van der Waals surface area contributed by atoms with Crippen LogP contribution in [0.1, 0.15) is 41.6 Å². The van der Waals surface area contributed by atoms with Gasteiger partial charge >= 0.3 is 0 Å². The van der Waals surface area contributed by atoms with Gasteiger partial charge in [-0.1, -0.05) is 30.3 Å². The number of Topliss-reactive ketones (excluding diaryl/α,β-unsaturated/α-hetero) is 1. The molecule has 0 amide bonds. The standard InChI is InChI=1S/C21H22O4/c1-23-16-10-11-17-18(22)14-21(25-19(17)13-16,15-7-3-2-4-8-15)20-9-5-6-12-24-20/h2-4,7-8,10-11,13,20H,5-6,9,12,14H2,1H3. The average Bonchev–Trinajstić information content (AvgIpc) is 2.68. The molecule has 2 aromatic rings. The van der Waals surface area contributed by atoms with Gasteiger partial charge in [-0.2, -0.15) is 0 Å². The highest BCUT2D eigenvalue weighted by molar-refractivity contribution is 6.00. The minimum absolute atomic E-state index is 0.0851. The van der Waals surface area contributed by atoms with E-state index >= 15 is 0 Å². The Balaban J connectivity index is 1.82. The first-order valence-corrected chi connectivity index (χ1v) is 8.80. The molecule has 4 rings (SSSR count). The summed E-state index contributed by atoms with van der Waals surface area (Å²) in [4.78, 5) is 12.9. The minimum Gasteiger partial charge on any atom is -0.497 e. The average molecular weight is 338 g/mol. The second kappa shape index (κ2) is 6.52. The summed E-state index contributed by atoms with van der Waals surface area (Å²) in [5.41, 5.74) is 0.824. The first-order chi connectivity index (χ1) is 12.2. The Bertz CT molecular complexity index is 765. The molecular formula is C21H22O4. The lowest BCUT2D eigenvalue weighted by atomic mass is 9.77. The fourth-order valence-corrected chi connectivity index (χ4v) is 3.87. The third-order valence-electron chi connectivity index (χ3n) is 5.17. The molecule has 0 N–H and O–H groups in total. The molecule has 0 aromatic heterocycles. The van der Waals surface area contributed by atoms with Crippen molar-refractivity contribution in [3.8, 4) is 11.5 Å². The summed E-state index contributed by atoms with van der Waals surface area (Å²) in [7, 11) is 1.61. The smallest absolute Gasteiger partial charge is 0.171 e. The molecule has 2 aromatic carbocycles. The highest BCUT2D eigenvalue weighted by Gasteiger charge is 2.49. The summed E-state index contributed by atoms with van der Waals surface area (Å²) in [6, 6.07) is 15.4. The van der Waals surface area contributed by atoms with Crippen molar-refractivity contribution in [2.45, 2.75) is 37.4 Å². The molecular weight excluding hydrogens is 316 g/mol. The Morgan fingerprint density at radius 3 is 2.68 bits per heavy atom. The molecule has 2 heterocycles. The molecule has 2 aliphatic heterocycles. The quantitative estimate of drug-likeness (QED) is 0.844. The molecule has 130 valence electrons. The maximum absolute atomic E-state index is 12.9. The van der Waals surface area contributed by atoms with Crippen LogP contribution in [0.3, 0.4) is 0 Å². The molecule has 2 unspecified atom stereocenters. The molecule has 1 fully saturated rings. The number of ketones is 1. The van der Waals surface area contributed by atoms with E-state index in [4.69, 9.17) is 14.2 Å². The number of ether oxygens (including phenoxy) is 3. The van der Waals surface area contributed by atoms with Crippen LogP contribution in [-0.4, -0.2) is 25.6 Å². The van der Waals surface area contributed by atoms with Gasteiger partial charge in [0.15, 0.2) is 11.4 Å². The first kappa shape index (κ1) is 16.2. The Hall–Kier alpha value is -2.33. The first-order valence-electron chi connectivity index (χ1n) is 8.80. The lowest BCUT2D eigenvalue weighted by Gasteiger charge is -2.44. The molecule has 2 aliphatic rings. The minimum atomic E-state index is -0.780. The van der Waals surface area contributed by atoms with Crippen molar-refractivity contribution in [2.24, 2.45) is 0 Å². The van der Waals surface area contributed by atoms with Crippen molar-refractivity contribution in [3.63, 3.8) is 0 Å². The highest BCUT2D eigenvalue weighted by Crippen LogP contribution is 2.45. The summed E-state index contributed by atoms with van der Waals surface area (Å²) < 4.78 is 17.9. The summed E-state index contributed by atoms with van der Waals surface area (Å²) >= 11 is 0. The second-order valence-electron chi connectivity index (χ2n) is 6.67. The Morgan fingerprint density at radius 2 is 1.96 bits per heavy atom. The Morgan fingerprint density at radius 1 is 1.12 bits per heavy atom. The van der Waals surface area contributed by atoms with Crippen molar-refractivity contribution in [3.05, 3.63) is 59.7 Å².